The van der Waals surface area contributed by atoms with Crippen molar-refractivity contribution in [1.82, 2.24) is 4.98 Å². The molecule has 1 heterocycles. The standard InChI is InChI=1S/C15H16ClNO2/c1-10-12(9-16)4-6-13(17-10)11-5-7-14(18-2)15(8-11)19-3/h4-8H,9H2,1-3H3. The maximum atomic E-state index is 5.84. The average molecular weight is 278 g/mol. The quantitative estimate of drug-likeness (QED) is 0.796. The molecule has 0 radical (unpaired) electrons. The van der Waals surface area contributed by atoms with E-state index in [-0.39, 0.29) is 0 Å². The maximum absolute atomic E-state index is 5.84. The lowest BCUT2D eigenvalue weighted by Crippen LogP contribution is -1.94. The average Bonchev–Trinajstić information content (AvgIpc) is 2.46. The molecule has 0 atom stereocenters. The third-order valence-corrected chi connectivity index (χ3v) is 3.31. The first-order valence-electron chi connectivity index (χ1n) is 5.94. The molecule has 0 fully saturated rings. The molecule has 0 N–H and O–H groups in total. The maximum Gasteiger partial charge on any atom is 0.161 e. The lowest BCUT2D eigenvalue weighted by molar-refractivity contribution is 0.355. The number of alkyl halides is 1. The molecule has 0 saturated heterocycles. The Kier molecular flexibility index (Phi) is 4.27. The molecule has 4 heteroatoms. The van der Waals surface area contributed by atoms with Crippen molar-refractivity contribution in [2.45, 2.75) is 12.8 Å². The molecule has 19 heavy (non-hydrogen) atoms. The Bertz CT molecular complexity index is 584. The molecule has 0 bridgehead atoms. The van der Waals surface area contributed by atoms with Crippen molar-refractivity contribution in [3.05, 3.63) is 41.6 Å². The number of halogens is 1. The van der Waals surface area contributed by atoms with E-state index < -0.39 is 0 Å². The number of nitrogens with zero attached hydrogens (tertiary/aromatic N) is 1. The van der Waals surface area contributed by atoms with E-state index in [0.29, 0.717) is 17.4 Å². The second kappa shape index (κ2) is 5.93. The molecule has 0 spiro atoms. The summed E-state index contributed by atoms with van der Waals surface area (Å²) < 4.78 is 10.5. The highest BCUT2D eigenvalue weighted by Crippen LogP contribution is 2.31. The second-order valence-corrected chi connectivity index (χ2v) is 4.41. The Labute approximate surface area is 118 Å². The van der Waals surface area contributed by atoms with E-state index in [1.54, 1.807) is 14.2 Å². The zero-order valence-corrected chi connectivity index (χ0v) is 12.0. The molecule has 0 aliphatic heterocycles. The Balaban J connectivity index is 2.44. The summed E-state index contributed by atoms with van der Waals surface area (Å²) in [5.74, 6) is 1.88. The van der Waals surface area contributed by atoms with Crippen molar-refractivity contribution < 1.29 is 9.47 Å². The van der Waals surface area contributed by atoms with Gasteiger partial charge in [-0.05, 0) is 36.8 Å². The van der Waals surface area contributed by atoms with Gasteiger partial charge in [0, 0.05) is 17.1 Å². The third kappa shape index (κ3) is 2.82. The number of pyridine rings is 1. The number of methoxy groups -OCH3 is 2. The number of hydrogen-bond acceptors (Lipinski definition) is 3. The number of aromatic nitrogens is 1. The van der Waals surface area contributed by atoms with Crippen LogP contribution in [0.4, 0.5) is 0 Å². The molecule has 0 aliphatic carbocycles. The van der Waals surface area contributed by atoms with Gasteiger partial charge >= 0.3 is 0 Å². The zero-order valence-electron chi connectivity index (χ0n) is 11.2. The molecule has 1 aromatic carbocycles. The lowest BCUT2D eigenvalue weighted by Gasteiger charge is -2.10. The minimum atomic E-state index is 0.477. The van der Waals surface area contributed by atoms with Crippen LogP contribution in [0.3, 0.4) is 0 Å². The van der Waals surface area contributed by atoms with Gasteiger partial charge in [-0.15, -0.1) is 11.6 Å². The number of benzene rings is 1. The van der Waals surface area contributed by atoms with Crippen LogP contribution in [0.2, 0.25) is 0 Å². The van der Waals surface area contributed by atoms with Crippen molar-refractivity contribution in [3.63, 3.8) is 0 Å². The molecule has 0 aliphatic rings. The zero-order chi connectivity index (χ0) is 13.8. The summed E-state index contributed by atoms with van der Waals surface area (Å²) in [4.78, 5) is 4.56. The number of rotatable bonds is 4. The van der Waals surface area contributed by atoms with Gasteiger partial charge < -0.3 is 9.47 Å². The first-order chi connectivity index (χ1) is 9.19. The highest BCUT2D eigenvalue weighted by molar-refractivity contribution is 6.17. The van der Waals surface area contributed by atoms with E-state index in [0.717, 1.165) is 22.5 Å². The largest absolute Gasteiger partial charge is 0.493 e. The molecule has 0 saturated carbocycles. The summed E-state index contributed by atoms with van der Waals surface area (Å²) >= 11 is 5.84. The van der Waals surface area contributed by atoms with Crippen molar-refractivity contribution in [2.75, 3.05) is 14.2 Å². The van der Waals surface area contributed by atoms with Gasteiger partial charge in [-0.25, -0.2) is 0 Å². The van der Waals surface area contributed by atoms with Crippen LogP contribution in [0.5, 0.6) is 11.5 Å². The summed E-state index contributed by atoms with van der Waals surface area (Å²) in [5.41, 5.74) is 3.88. The van der Waals surface area contributed by atoms with Gasteiger partial charge in [-0.3, -0.25) is 4.98 Å². The van der Waals surface area contributed by atoms with Crippen LogP contribution in [-0.4, -0.2) is 19.2 Å². The fourth-order valence-electron chi connectivity index (χ4n) is 1.89. The molecule has 2 rings (SSSR count). The Hall–Kier alpha value is -1.74. The second-order valence-electron chi connectivity index (χ2n) is 4.14. The number of hydrogen-bond donors (Lipinski definition) is 0. The van der Waals surface area contributed by atoms with Crippen LogP contribution >= 0.6 is 11.6 Å². The molecule has 100 valence electrons. The Morgan fingerprint density at radius 2 is 1.79 bits per heavy atom. The van der Waals surface area contributed by atoms with Crippen LogP contribution < -0.4 is 9.47 Å². The van der Waals surface area contributed by atoms with Crippen molar-refractivity contribution in [3.8, 4) is 22.8 Å². The molecular formula is C15H16ClNO2. The van der Waals surface area contributed by atoms with Gasteiger partial charge in [0.05, 0.1) is 19.9 Å². The fraction of sp³-hybridized carbons (Fsp3) is 0.267. The SMILES string of the molecule is COc1ccc(-c2ccc(CCl)c(C)n2)cc1OC. The van der Waals surface area contributed by atoms with E-state index in [9.17, 15) is 0 Å². The minimum absolute atomic E-state index is 0.477. The molecule has 2 aromatic rings. The summed E-state index contributed by atoms with van der Waals surface area (Å²) in [7, 11) is 3.24. The predicted octanol–water partition coefficient (Wildman–Crippen LogP) is 3.81. The lowest BCUT2D eigenvalue weighted by atomic mass is 10.1. The van der Waals surface area contributed by atoms with E-state index in [1.165, 1.54) is 0 Å². The highest BCUT2D eigenvalue weighted by Gasteiger charge is 2.08. The van der Waals surface area contributed by atoms with Crippen LogP contribution in [0.15, 0.2) is 30.3 Å². The summed E-state index contributed by atoms with van der Waals surface area (Å²) in [6.45, 7) is 1.96. The van der Waals surface area contributed by atoms with Crippen LogP contribution in [0.1, 0.15) is 11.3 Å². The van der Waals surface area contributed by atoms with Crippen LogP contribution in [0.25, 0.3) is 11.3 Å². The molecular weight excluding hydrogens is 262 g/mol. The monoisotopic (exact) mass is 277 g/mol. The van der Waals surface area contributed by atoms with Crippen molar-refractivity contribution in [1.29, 1.82) is 0 Å². The normalized spacial score (nSPS) is 10.3. The highest BCUT2D eigenvalue weighted by atomic mass is 35.5. The topological polar surface area (TPSA) is 31.4 Å². The fourth-order valence-corrected chi connectivity index (χ4v) is 2.17. The van der Waals surface area contributed by atoms with Gasteiger partial charge in [-0.1, -0.05) is 6.07 Å². The van der Waals surface area contributed by atoms with Gasteiger partial charge in [0.2, 0.25) is 0 Å². The smallest absolute Gasteiger partial charge is 0.161 e. The van der Waals surface area contributed by atoms with Crippen LogP contribution in [-0.2, 0) is 5.88 Å². The molecule has 0 amide bonds. The van der Waals surface area contributed by atoms with E-state index in [1.807, 2.05) is 37.3 Å². The number of aryl methyl sites for hydroxylation is 1. The molecule has 1 aromatic heterocycles. The third-order valence-electron chi connectivity index (χ3n) is 3.02. The van der Waals surface area contributed by atoms with E-state index >= 15 is 0 Å². The van der Waals surface area contributed by atoms with E-state index in [2.05, 4.69) is 4.98 Å². The van der Waals surface area contributed by atoms with Gasteiger partial charge in [0.1, 0.15) is 0 Å². The van der Waals surface area contributed by atoms with E-state index in [4.69, 9.17) is 21.1 Å². The Morgan fingerprint density at radius 1 is 1.05 bits per heavy atom. The molecule has 3 nitrogen and oxygen atoms in total. The first-order valence-corrected chi connectivity index (χ1v) is 6.48. The predicted molar refractivity (Wildman–Crippen MR) is 77.1 cm³/mol. The van der Waals surface area contributed by atoms with Gasteiger partial charge in [0.15, 0.2) is 11.5 Å². The van der Waals surface area contributed by atoms with Crippen molar-refractivity contribution >= 4 is 11.6 Å². The summed E-state index contributed by atoms with van der Waals surface area (Å²) in [6.07, 6.45) is 0. The van der Waals surface area contributed by atoms with Gasteiger partial charge in [0.25, 0.3) is 0 Å². The number of ether oxygens (including phenoxy) is 2. The Morgan fingerprint density at radius 3 is 2.37 bits per heavy atom. The first kappa shape index (κ1) is 13.7. The molecule has 0 unspecified atom stereocenters. The van der Waals surface area contributed by atoms with Crippen molar-refractivity contribution in [2.24, 2.45) is 0 Å². The van der Waals surface area contributed by atoms with Gasteiger partial charge in [-0.2, -0.15) is 0 Å². The summed E-state index contributed by atoms with van der Waals surface area (Å²) in [5, 5.41) is 0. The summed E-state index contributed by atoms with van der Waals surface area (Å²) in [6, 6.07) is 9.72. The minimum Gasteiger partial charge on any atom is -0.493 e. The van der Waals surface area contributed by atoms with Crippen LogP contribution in [0, 0.1) is 6.92 Å².